The zero-order valence-electron chi connectivity index (χ0n) is 7.96. The van der Waals surface area contributed by atoms with E-state index in [0.717, 1.165) is 0 Å². The molecule has 0 saturated carbocycles. The first-order valence-electron chi connectivity index (χ1n) is 4.12. The van der Waals surface area contributed by atoms with Crippen molar-refractivity contribution >= 4 is 5.69 Å². The van der Waals surface area contributed by atoms with Crippen molar-refractivity contribution in [3.8, 4) is 0 Å². The first-order chi connectivity index (χ1) is 5.65. The Hall–Kier alpha value is -1.02. The van der Waals surface area contributed by atoms with Gasteiger partial charge in [0.1, 0.15) is 0 Å². The minimum absolute atomic E-state index is 0.620. The molecule has 0 unspecified atom stereocenters. The maximum absolute atomic E-state index is 5.53. The Labute approximate surface area is 74.0 Å². The third kappa shape index (κ3) is 1.77. The van der Waals surface area contributed by atoms with Crippen LogP contribution in [-0.2, 0) is 6.54 Å². The second kappa shape index (κ2) is 3.59. The van der Waals surface area contributed by atoms with E-state index in [2.05, 4.69) is 30.0 Å². The zero-order chi connectivity index (χ0) is 9.14. The maximum Gasteiger partial charge on any atom is 0.0390 e. The predicted octanol–water partition coefficient (Wildman–Crippen LogP) is 1.52. The van der Waals surface area contributed by atoms with Crippen molar-refractivity contribution in [3.05, 3.63) is 29.3 Å². The Morgan fingerprint density at radius 3 is 2.42 bits per heavy atom. The summed E-state index contributed by atoms with van der Waals surface area (Å²) in [7, 11) is 4.09. The monoisotopic (exact) mass is 164 g/mol. The van der Waals surface area contributed by atoms with Gasteiger partial charge in [-0.1, -0.05) is 12.1 Å². The van der Waals surface area contributed by atoms with Crippen LogP contribution in [-0.4, -0.2) is 14.1 Å². The average molecular weight is 164 g/mol. The van der Waals surface area contributed by atoms with Gasteiger partial charge < -0.3 is 10.6 Å². The summed E-state index contributed by atoms with van der Waals surface area (Å²) in [6.07, 6.45) is 0. The molecule has 0 aliphatic rings. The Morgan fingerprint density at radius 1 is 1.33 bits per heavy atom. The molecule has 0 aliphatic heterocycles. The molecule has 1 aromatic rings. The molecule has 1 rings (SSSR count). The molecule has 2 heteroatoms. The molecular formula is C10H16N2. The van der Waals surface area contributed by atoms with Crippen LogP contribution in [0.3, 0.4) is 0 Å². The number of nitrogens with two attached hydrogens (primary N) is 1. The van der Waals surface area contributed by atoms with Crippen LogP contribution in [0, 0.1) is 6.92 Å². The van der Waals surface area contributed by atoms with Crippen LogP contribution < -0.4 is 10.6 Å². The standard InChI is InChI=1S/C10H16N2/c1-8-6-9(7-11)4-5-10(8)12(2)3/h4-6H,7,11H2,1-3H3. The van der Waals surface area contributed by atoms with E-state index in [1.165, 1.54) is 16.8 Å². The van der Waals surface area contributed by atoms with Crippen LogP contribution >= 0.6 is 0 Å². The van der Waals surface area contributed by atoms with E-state index in [9.17, 15) is 0 Å². The van der Waals surface area contributed by atoms with Crippen molar-refractivity contribution in [2.24, 2.45) is 5.73 Å². The van der Waals surface area contributed by atoms with Gasteiger partial charge in [-0.15, -0.1) is 0 Å². The molecule has 1 aromatic carbocycles. The first-order valence-corrected chi connectivity index (χ1v) is 4.12. The largest absolute Gasteiger partial charge is 0.377 e. The second-order valence-electron chi connectivity index (χ2n) is 3.22. The van der Waals surface area contributed by atoms with Gasteiger partial charge >= 0.3 is 0 Å². The van der Waals surface area contributed by atoms with Crippen molar-refractivity contribution in [1.29, 1.82) is 0 Å². The number of benzene rings is 1. The van der Waals surface area contributed by atoms with Crippen LogP contribution in [0.1, 0.15) is 11.1 Å². The summed E-state index contributed by atoms with van der Waals surface area (Å²) in [6.45, 7) is 2.73. The van der Waals surface area contributed by atoms with Gasteiger partial charge in [-0.25, -0.2) is 0 Å². The van der Waals surface area contributed by atoms with E-state index < -0.39 is 0 Å². The molecule has 12 heavy (non-hydrogen) atoms. The van der Waals surface area contributed by atoms with Crippen molar-refractivity contribution in [2.75, 3.05) is 19.0 Å². The molecule has 0 atom stereocenters. The lowest BCUT2D eigenvalue weighted by molar-refractivity contribution is 1.05. The molecule has 0 saturated heterocycles. The highest BCUT2D eigenvalue weighted by molar-refractivity contribution is 5.53. The Bertz CT molecular complexity index is 267. The summed E-state index contributed by atoms with van der Waals surface area (Å²) in [5, 5.41) is 0. The second-order valence-corrected chi connectivity index (χ2v) is 3.22. The van der Waals surface area contributed by atoms with Gasteiger partial charge in [0.25, 0.3) is 0 Å². The summed E-state index contributed by atoms with van der Waals surface area (Å²) >= 11 is 0. The van der Waals surface area contributed by atoms with E-state index in [1.54, 1.807) is 0 Å². The number of hydrogen-bond donors (Lipinski definition) is 1. The Morgan fingerprint density at radius 2 is 2.00 bits per heavy atom. The molecular weight excluding hydrogens is 148 g/mol. The summed E-state index contributed by atoms with van der Waals surface area (Å²) in [4.78, 5) is 2.11. The Kier molecular flexibility index (Phi) is 2.71. The van der Waals surface area contributed by atoms with Gasteiger partial charge in [0.15, 0.2) is 0 Å². The van der Waals surface area contributed by atoms with Crippen LogP contribution in [0.2, 0.25) is 0 Å². The van der Waals surface area contributed by atoms with Crippen LogP contribution in [0.4, 0.5) is 5.69 Å². The van der Waals surface area contributed by atoms with Crippen molar-refractivity contribution in [1.82, 2.24) is 0 Å². The SMILES string of the molecule is Cc1cc(CN)ccc1N(C)C. The number of anilines is 1. The lowest BCUT2D eigenvalue weighted by Crippen LogP contribution is -2.10. The lowest BCUT2D eigenvalue weighted by atomic mass is 10.1. The normalized spacial score (nSPS) is 10.0. The quantitative estimate of drug-likeness (QED) is 0.718. The number of nitrogens with zero attached hydrogens (tertiary/aromatic N) is 1. The predicted molar refractivity (Wildman–Crippen MR) is 53.4 cm³/mol. The van der Waals surface area contributed by atoms with Gasteiger partial charge in [0.2, 0.25) is 0 Å². The van der Waals surface area contributed by atoms with E-state index >= 15 is 0 Å². The van der Waals surface area contributed by atoms with Crippen LogP contribution in [0.25, 0.3) is 0 Å². The highest BCUT2D eigenvalue weighted by Gasteiger charge is 1.99. The topological polar surface area (TPSA) is 29.3 Å². The molecule has 0 amide bonds. The van der Waals surface area contributed by atoms with E-state index in [0.29, 0.717) is 6.54 Å². The zero-order valence-corrected chi connectivity index (χ0v) is 7.96. The highest BCUT2D eigenvalue weighted by Crippen LogP contribution is 2.18. The molecule has 2 nitrogen and oxygen atoms in total. The Balaban J connectivity index is 3.03. The number of rotatable bonds is 2. The summed E-state index contributed by atoms with van der Waals surface area (Å²) in [5.41, 5.74) is 9.26. The number of aryl methyl sites for hydroxylation is 1. The average Bonchev–Trinajstić information content (AvgIpc) is 2.03. The summed E-state index contributed by atoms with van der Waals surface area (Å²) < 4.78 is 0. The van der Waals surface area contributed by atoms with E-state index in [4.69, 9.17) is 5.73 Å². The lowest BCUT2D eigenvalue weighted by Gasteiger charge is -2.15. The fourth-order valence-electron chi connectivity index (χ4n) is 1.35. The molecule has 66 valence electrons. The fourth-order valence-corrected chi connectivity index (χ4v) is 1.35. The van der Waals surface area contributed by atoms with E-state index in [1.807, 2.05) is 14.1 Å². The first kappa shape index (κ1) is 9.07. The smallest absolute Gasteiger partial charge is 0.0390 e. The van der Waals surface area contributed by atoms with Gasteiger partial charge in [0.05, 0.1) is 0 Å². The minimum atomic E-state index is 0.620. The highest BCUT2D eigenvalue weighted by atomic mass is 15.1. The molecule has 0 heterocycles. The van der Waals surface area contributed by atoms with Crippen LogP contribution in [0.5, 0.6) is 0 Å². The molecule has 0 aliphatic carbocycles. The number of hydrogen-bond acceptors (Lipinski definition) is 2. The van der Waals surface area contributed by atoms with E-state index in [-0.39, 0.29) is 0 Å². The third-order valence-electron chi connectivity index (χ3n) is 1.98. The molecule has 0 radical (unpaired) electrons. The van der Waals surface area contributed by atoms with Gasteiger partial charge in [-0.05, 0) is 24.1 Å². The van der Waals surface area contributed by atoms with Gasteiger partial charge in [0, 0.05) is 26.3 Å². The van der Waals surface area contributed by atoms with Crippen molar-refractivity contribution < 1.29 is 0 Å². The molecule has 2 N–H and O–H groups in total. The fraction of sp³-hybridized carbons (Fsp3) is 0.400. The van der Waals surface area contributed by atoms with Crippen molar-refractivity contribution in [3.63, 3.8) is 0 Å². The van der Waals surface area contributed by atoms with Gasteiger partial charge in [-0.3, -0.25) is 0 Å². The van der Waals surface area contributed by atoms with Crippen LogP contribution in [0.15, 0.2) is 18.2 Å². The minimum Gasteiger partial charge on any atom is -0.377 e. The van der Waals surface area contributed by atoms with Crippen molar-refractivity contribution in [2.45, 2.75) is 13.5 Å². The molecule has 0 aromatic heterocycles. The third-order valence-corrected chi connectivity index (χ3v) is 1.98. The summed E-state index contributed by atoms with van der Waals surface area (Å²) in [6, 6.07) is 6.31. The summed E-state index contributed by atoms with van der Waals surface area (Å²) in [5.74, 6) is 0. The van der Waals surface area contributed by atoms with Gasteiger partial charge in [-0.2, -0.15) is 0 Å². The molecule has 0 fully saturated rings. The molecule has 0 bridgehead atoms. The maximum atomic E-state index is 5.53. The molecule has 0 spiro atoms.